The van der Waals surface area contributed by atoms with Gasteiger partial charge >= 0.3 is 0 Å². The standard InChI is InChI=1S/C14H8F2O3/c15-11-3-1-2-9(14(11)16)10-5-13-12(18-7-19-13)4-8(10)6-17/h1-6H,7H2. The molecule has 96 valence electrons. The number of hydrogen-bond donors (Lipinski definition) is 0. The summed E-state index contributed by atoms with van der Waals surface area (Å²) in [4.78, 5) is 11.1. The van der Waals surface area contributed by atoms with Crippen LogP contribution in [0.5, 0.6) is 11.5 Å². The quantitative estimate of drug-likeness (QED) is 0.780. The lowest BCUT2D eigenvalue weighted by Gasteiger charge is -2.08. The van der Waals surface area contributed by atoms with Crippen molar-refractivity contribution in [2.24, 2.45) is 0 Å². The first-order valence-corrected chi connectivity index (χ1v) is 5.54. The fourth-order valence-electron chi connectivity index (χ4n) is 2.00. The highest BCUT2D eigenvalue weighted by molar-refractivity contribution is 5.89. The van der Waals surface area contributed by atoms with E-state index in [0.717, 1.165) is 6.07 Å². The van der Waals surface area contributed by atoms with Gasteiger partial charge in [-0.25, -0.2) is 8.78 Å². The van der Waals surface area contributed by atoms with Crippen molar-refractivity contribution in [3.05, 3.63) is 47.5 Å². The van der Waals surface area contributed by atoms with E-state index in [1.54, 1.807) is 0 Å². The maximum Gasteiger partial charge on any atom is 0.231 e. The van der Waals surface area contributed by atoms with Gasteiger partial charge in [0.25, 0.3) is 0 Å². The molecule has 5 heteroatoms. The Morgan fingerprint density at radius 3 is 2.53 bits per heavy atom. The molecule has 1 aliphatic rings. The number of hydrogen-bond acceptors (Lipinski definition) is 3. The Bertz CT molecular complexity index is 668. The number of benzene rings is 2. The molecular weight excluding hydrogens is 254 g/mol. The molecular formula is C14H8F2O3. The normalized spacial score (nSPS) is 12.5. The summed E-state index contributed by atoms with van der Waals surface area (Å²) < 4.78 is 37.4. The summed E-state index contributed by atoms with van der Waals surface area (Å²) in [5.74, 6) is -1.14. The predicted octanol–water partition coefficient (Wildman–Crippen LogP) is 3.17. The first kappa shape index (κ1) is 11.6. The average molecular weight is 262 g/mol. The molecule has 1 aliphatic heterocycles. The van der Waals surface area contributed by atoms with Crippen LogP contribution >= 0.6 is 0 Å². The summed E-state index contributed by atoms with van der Waals surface area (Å²) in [7, 11) is 0. The molecule has 2 aromatic carbocycles. The molecule has 0 radical (unpaired) electrons. The number of rotatable bonds is 2. The van der Waals surface area contributed by atoms with Gasteiger partial charge < -0.3 is 9.47 Å². The lowest BCUT2D eigenvalue weighted by molar-refractivity contribution is 0.112. The van der Waals surface area contributed by atoms with Crippen molar-refractivity contribution >= 4 is 6.29 Å². The van der Waals surface area contributed by atoms with Crippen LogP contribution in [-0.4, -0.2) is 13.1 Å². The minimum atomic E-state index is -0.996. The average Bonchev–Trinajstić information content (AvgIpc) is 2.87. The molecule has 3 rings (SSSR count). The number of ether oxygens (including phenoxy) is 2. The first-order chi connectivity index (χ1) is 9.20. The molecule has 2 aromatic rings. The maximum absolute atomic E-state index is 13.8. The van der Waals surface area contributed by atoms with Crippen LogP contribution in [-0.2, 0) is 0 Å². The van der Waals surface area contributed by atoms with Crippen LogP contribution in [0.25, 0.3) is 11.1 Å². The van der Waals surface area contributed by atoms with Crippen molar-refractivity contribution < 1.29 is 23.0 Å². The van der Waals surface area contributed by atoms with E-state index in [9.17, 15) is 13.6 Å². The van der Waals surface area contributed by atoms with Crippen molar-refractivity contribution in [1.29, 1.82) is 0 Å². The summed E-state index contributed by atoms with van der Waals surface area (Å²) in [5, 5.41) is 0. The Morgan fingerprint density at radius 1 is 1.05 bits per heavy atom. The number of halogens is 2. The lowest BCUT2D eigenvalue weighted by atomic mass is 9.99. The third-order valence-electron chi connectivity index (χ3n) is 2.91. The van der Waals surface area contributed by atoms with Gasteiger partial charge in [-0.15, -0.1) is 0 Å². The SMILES string of the molecule is O=Cc1cc2c(cc1-c1cccc(F)c1F)OCO2. The molecule has 0 bridgehead atoms. The van der Waals surface area contributed by atoms with E-state index in [1.165, 1.54) is 24.3 Å². The zero-order chi connectivity index (χ0) is 13.4. The summed E-state index contributed by atoms with van der Waals surface area (Å²) in [6, 6.07) is 6.74. The van der Waals surface area contributed by atoms with Gasteiger partial charge in [-0.1, -0.05) is 12.1 Å². The molecule has 0 unspecified atom stereocenters. The predicted molar refractivity (Wildman–Crippen MR) is 63.3 cm³/mol. The van der Waals surface area contributed by atoms with E-state index in [-0.39, 0.29) is 23.5 Å². The van der Waals surface area contributed by atoms with E-state index in [2.05, 4.69) is 0 Å². The summed E-state index contributed by atoms with van der Waals surface area (Å²) in [5.41, 5.74) is 0.505. The highest BCUT2D eigenvalue weighted by Gasteiger charge is 2.20. The topological polar surface area (TPSA) is 35.5 Å². The Hall–Kier alpha value is -2.43. The Balaban J connectivity index is 2.24. The number of fused-ring (bicyclic) bond motifs is 1. The van der Waals surface area contributed by atoms with E-state index >= 15 is 0 Å². The monoisotopic (exact) mass is 262 g/mol. The van der Waals surface area contributed by atoms with Crippen molar-refractivity contribution in [3.8, 4) is 22.6 Å². The number of aldehydes is 1. The van der Waals surface area contributed by atoms with Gasteiger partial charge in [0.05, 0.1) is 0 Å². The molecule has 0 atom stereocenters. The Kier molecular flexibility index (Phi) is 2.67. The number of carbonyl (C=O) groups excluding carboxylic acids is 1. The molecule has 0 aromatic heterocycles. The molecule has 0 fully saturated rings. The smallest absolute Gasteiger partial charge is 0.231 e. The Morgan fingerprint density at radius 2 is 1.79 bits per heavy atom. The van der Waals surface area contributed by atoms with E-state index in [4.69, 9.17) is 9.47 Å². The molecule has 19 heavy (non-hydrogen) atoms. The molecule has 0 amide bonds. The summed E-state index contributed by atoms with van der Waals surface area (Å²) >= 11 is 0. The fraction of sp³-hybridized carbons (Fsp3) is 0.0714. The maximum atomic E-state index is 13.8. The molecule has 0 spiro atoms. The summed E-state index contributed by atoms with van der Waals surface area (Å²) in [6.07, 6.45) is 0.571. The van der Waals surface area contributed by atoms with Crippen LogP contribution in [0.4, 0.5) is 8.78 Å². The zero-order valence-electron chi connectivity index (χ0n) is 9.65. The highest BCUT2D eigenvalue weighted by atomic mass is 19.2. The minimum absolute atomic E-state index is 0.0143. The van der Waals surface area contributed by atoms with Crippen LogP contribution in [0.2, 0.25) is 0 Å². The van der Waals surface area contributed by atoms with Crippen molar-refractivity contribution in [2.75, 3.05) is 6.79 Å². The molecule has 0 N–H and O–H groups in total. The van der Waals surface area contributed by atoms with Gasteiger partial charge in [0.15, 0.2) is 29.4 Å². The number of carbonyl (C=O) groups is 1. The van der Waals surface area contributed by atoms with Crippen molar-refractivity contribution in [1.82, 2.24) is 0 Å². The second kappa shape index (κ2) is 4.35. The van der Waals surface area contributed by atoms with Crippen molar-refractivity contribution in [2.45, 2.75) is 0 Å². The minimum Gasteiger partial charge on any atom is -0.454 e. The molecule has 0 aliphatic carbocycles. The fourth-order valence-corrected chi connectivity index (χ4v) is 2.00. The third kappa shape index (κ3) is 1.83. The van der Waals surface area contributed by atoms with Gasteiger partial charge in [-0.05, 0) is 23.8 Å². The molecule has 3 nitrogen and oxygen atoms in total. The van der Waals surface area contributed by atoms with E-state index < -0.39 is 11.6 Å². The first-order valence-electron chi connectivity index (χ1n) is 5.54. The van der Waals surface area contributed by atoms with Gasteiger partial charge in [0.1, 0.15) is 0 Å². The summed E-state index contributed by atoms with van der Waals surface area (Å²) in [6.45, 7) is 0.0444. The van der Waals surface area contributed by atoms with Crippen LogP contribution in [0.3, 0.4) is 0 Å². The Labute approximate surface area is 107 Å². The second-order valence-electron chi connectivity index (χ2n) is 4.01. The van der Waals surface area contributed by atoms with Crippen LogP contribution in [0.1, 0.15) is 10.4 Å². The van der Waals surface area contributed by atoms with Crippen LogP contribution < -0.4 is 9.47 Å². The van der Waals surface area contributed by atoms with E-state index in [0.29, 0.717) is 17.8 Å². The molecule has 1 heterocycles. The lowest BCUT2D eigenvalue weighted by Crippen LogP contribution is -1.94. The molecule has 0 saturated carbocycles. The van der Waals surface area contributed by atoms with E-state index in [1.807, 2.05) is 0 Å². The third-order valence-corrected chi connectivity index (χ3v) is 2.91. The largest absolute Gasteiger partial charge is 0.454 e. The van der Waals surface area contributed by atoms with Crippen molar-refractivity contribution in [3.63, 3.8) is 0 Å². The zero-order valence-corrected chi connectivity index (χ0v) is 9.65. The highest BCUT2D eigenvalue weighted by Crippen LogP contribution is 2.39. The van der Waals surface area contributed by atoms with Gasteiger partial charge in [0.2, 0.25) is 6.79 Å². The van der Waals surface area contributed by atoms with Gasteiger partial charge in [0, 0.05) is 11.1 Å². The second-order valence-corrected chi connectivity index (χ2v) is 4.01. The van der Waals surface area contributed by atoms with Crippen LogP contribution in [0, 0.1) is 11.6 Å². The van der Waals surface area contributed by atoms with Gasteiger partial charge in [-0.3, -0.25) is 4.79 Å². The molecule has 0 saturated heterocycles. The van der Waals surface area contributed by atoms with Crippen LogP contribution in [0.15, 0.2) is 30.3 Å². The van der Waals surface area contributed by atoms with Gasteiger partial charge in [-0.2, -0.15) is 0 Å².